The van der Waals surface area contributed by atoms with Crippen molar-refractivity contribution >= 4 is 55.9 Å². The highest BCUT2D eigenvalue weighted by Gasteiger charge is 2.46. The Morgan fingerprint density at radius 3 is 2.71 bits per heavy atom. The molecule has 10 heteroatoms. The molecular formula is C28H25Cl2N3O4S. The van der Waals surface area contributed by atoms with Gasteiger partial charge in [0.1, 0.15) is 11.5 Å². The lowest BCUT2D eigenvalue weighted by Crippen LogP contribution is -2.38. The van der Waals surface area contributed by atoms with Crippen LogP contribution in [0.5, 0.6) is 0 Å². The van der Waals surface area contributed by atoms with Crippen LogP contribution in [-0.4, -0.2) is 41.9 Å². The Balaban J connectivity index is 1.07. The number of esters is 1. The minimum Gasteiger partial charge on any atom is -0.465 e. The number of ether oxygens (including phenoxy) is 2. The predicted octanol–water partition coefficient (Wildman–Crippen LogP) is 7.11. The number of hydrogen-bond donors (Lipinski definition) is 0. The molecule has 3 heterocycles. The van der Waals surface area contributed by atoms with Gasteiger partial charge in [0.2, 0.25) is 0 Å². The molecule has 2 aliphatic carbocycles. The maximum Gasteiger partial charge on any atom is 0.337 e. The molecule has 7 nitrogen and oxygen atoms in total. The van der Waals surface area contributed by atoms with Crippen molar-refractivity contribution in [3.63, 3.8) is 0 Å². The van der Waals surface area contributed by atoms with Crippen LogP contribution < -0.4 is 4.90 Å². The van der Waals surface area contributed by atoms with Crippen LogP contribution in [0.4, 0.5) is 5.13 Å². The molecule has 0 spiro atoms. The molecule has 2 aromatic heterocycles. The molecule has 3 atom stereocenters. The summed E-state index contributed by atoms with van der Waals surface area (Å²) in [7, 11) is 1.40. The fourth-order valence-corrected chi connectivity index (χ4v) is 7.53. The van der Waals surface area contributed by atoms with Gasteiger partial charge in [0.25, 0.3) is 0 Å². The van der Waals surface area contributed by atoms with Crippen LogP contribution in [-0.2, 0) is 16.1 Å². The van der Waals surface area contributed by atoms with Gasteiger partial charge in [-0.3, -0.25) is 0 Å². The second-order valence-corrected chi connectivity index (χ2v) is 12.1. The second kappa shape index (κ2) is 9.52. The van der Waals surface area contributed by atoms with Crippen molar-refractivity contribution in [2.24, 2.45) is 5.92 Å². The maximum atomic E-state index is 11.9. The zero-order chi connectivity index (χ0) is 26.0. The highest BCUT2D eigenvalue weighted by atomic mass is 35.5. The summed E-state index contributed by atoms with van der Waals surface area (Å²) < 4.78 is 18.2. The van der Waals surface area contributed by atoms with E-state index in [0.717, 1.165) is 58.9 Å². The average Bonchev–Trinajstić information content (AvgIpc) is 3.24. The summed E-state index contributed by atoms with van der Waals surface area (Å²) in [5.41, 5.74) is 3.81. The highest BCUT2D eigenvalue weighted by molar-refractivity contribution is 7.22. The molecule has 2 saturated carbocycles. The largest absolute Gasteiger partial charge is 0.465 e. The van der Waals surface area contributed by atoms with Crippen LogP contribution in [0.2, 0.25) is 10.0 Å². The van der Waals surface area contributed by atoms with Gasteiger partial charge < -0.3 is 18.9 Å². The number of aromatic nitrogens is 2. The average molecular weight is 570 g/mol. The molecule has 0 N–H and O–H groups in total. The Hall–Kier alpha value is -2.65. The van der Waals surface area contributed by atoms with Crippen molar-refractivity contribution in [2.45, 2.75) is 50.4 Å². The van der Waals surface area contributed by atoms with Crippen molar-refractivity contribution in [3.05, 3.63) is 63.3 Å². The molecule has 2 aromatic carbocycles. The van der Waals surface area contributed by atoms with Crippen molar-refractivity contribution in [1.82, 2.24) is 10.1 Å². The summed E-state index contributed by atoms with van der Waals surface area (Å²) in [6, 6.07) is 11.4. The molecule has 38 heavy (non-hydrogen) atoms. The Bertz CT molecular complexity index is 1530. The zero-order valence-corrected chi connectivity index (χ0v) is 23.0. The Labute approximate surface area is 233 Å². The number of nitrogens with zero attached hydrogens (tertiary/aromatic N) is 3. The van der Waals surface area contributed by atoms with Crippen LogP contribution in [0, 0.1) is 5.92 Å². The van der Waals surface area contributed by atoms with Crippen LogP contribution in [0.1, 0.15) is 53.3 Å². The number of carbonyl (C=O) groups is 1. The number of carbonyl (C=O) groups excluding carboxylic acids is 1. The van der Waals surface area contributed by atoms with Gasteiger partial charge in [-0.05, 0) is 56.0 Å². The monoisotopic (exact) mass is 569 g/mol. The first kappa shape index (κ1) is 24.4. The molecular weight excluding hydrogens is 545 g/mol. The summed E-state index contributed by atoms with van der Waals surface area (Å²) in [5, 5.41) is 6.50. The number of rotatable bonds is 7. The normalized spacial score (nSPS) is 22.5. The summed E-state index contributed by atoms with van der Waals surface area (Å²) in [4.78, 5) is 19.2. The van der Waals surface area contributed by atoms with Crippen molar-refractivity contribution in [1.29, 1.82) is 0 Å². The van der Waals surface area contributed by atoms with E-state index >= 15 is 0 Å². The third-order valence-electron chi connectivity index (χ3n) is 7.93. The first-order valence-corrected chi connectivity index (χ1v) is 14.4. The van der Waals surface area contributed by atoms with Gasteiger partial charge in [-0.25, -0.2) is 9.78 Å². The first-order valence-electron chi connectivity index (χ1n) is 12.8. The van der Waals surface area contributed by atoms with E-state index in [4.69, 9.17) is 42.2 Å². The van der Waals surface area contributed by atoms with E-state index in [1.54, 1.807) is 17.4 Å². The van der Waals surface area contributed by atoms with Gasteiger partial charge in [0.05, 0.1) is 45.6 Å². The fraction of sp³-hybridized carbons (Fsp3) is 0.393. The minimum absolute atomic E-state index is 0.160. The van der Waals surface area contributed by atoms with Crippen LogP contribution in [0.25, 0.3) is 21.5 Å². The van der Waals surface area contributed by atoms with Crippen molar-refractivity contribution < 1.29 is 18.8 Å². The number of anilines is 1. The van der Waals surface area contributed by atoms with Crippen molar-refractivity contribution in [2.75, 3.05) is 18.6 Å². The summed E-state index contributed by atoms with van der Waals surface area (Å²) in [6.07, 6.45) is 4.39. The third-order valence-corrected chi connectivity index (χ3v) is 9.61. The number of benzene rings is 2. The molecule has 3 aliphatic rings. The van der Waals surface area contributed by atoms with E-state index in [9.17, 15) is 4.79 Å². The number of fused-ring (bicyclic) bond motifs is 3. The van der Waals surface area contributed by atoms with Gasteiger partial charge >= 0.3 is 5.97 Å². The number of methoxy groups -OCH3 is 1. The van der Waals surface area contributed by atoms with Gasteiger partial charge in [0.15, 0.2) is 5.13 Å². The topological polar surface area (TPSA) is 77.7 Å². The summed E-state index contributed by atoms with van der Waals surface area (Å²) in [6.45, 7) is 1.33. The molecule has 3 fully saturated rings. The summed E-state index contributed by atoms with van der Waals surface area (Å²) in [5.74, 6) is 1.39. The van der Waals surface area contributed by atoms with E-state index in [2.05, 4.69) is 10.1 Å². The molecule has 196 valence electrons. The van der Waals surface area contributed by atoms with E-state index in [1.807, 2.05) is 30.3 Å². The zero-order valence-electron chi connectivity index (χ0n) is 20.7. The van der Waals surface area contributed by atoms with E-state index in [-0.39, 0.29) is 12.1 Å². The fourth-order valence-electron chi connectivity index (χ4n) is 5.86. The molecule has 0 amide bonds. The Morgan fingerprint density at radius 1 is 1.18 bits per heavy atom. The number of piperidine rings is 1. The van der Waals surface area contributed by atoms with Crippen molar-refractivity contribution in [3.8, 4) is 11.3 Å². The smallest absolute Gasteiger partial charge is 0.337 e. The van der Waals surface area contributed by atoms with Gasteiger partial charge in [-0.15, -0.1) is 0 Å². The van der Waals surface area contributed by atoms with Crippen LogP contribution >= 0.6 is 34.5 Å². The van der Waals surface area contributed by atoms with Crippen LogP contribution in [0.15, 0.2) is 40.9 Å². The second-order valence-electron chi connectivity index (χ2n) is 10.3. The lowest BCUT2D eigenvalue weighted by atomic mass is 10.0. The number of hydrogen-bond acceptors (Lipinski definition) is 8. The summed E-state index contributed by atoms with van der Waals surface area (Å²) >= 11 is 14.7. The molecule has 4 aromatic rings. The van der Waals surface area contributed by atoms with Gasteiger partial charge in [0, 0.05) is 35.5 Å². The quantitative estimate of drug-likeness (QED) is 0.219. The SMILES string of the molecule is COC(=O)c1ccc2nc(N3C[C@H]4C[C@@H]3C[C@H]4OCc3c(-c4c(Cl)cccc4Cl)noc3C3CC3)sc2c1. The molecule has 1 saturated heterocycles. The Morgan fingerprint density at radius 2 is 2.00 bits per heavy atom. The van der Waals surface area contributed by atoms with E-state index in [0.29, 0.717) is 51.4 Å². The molecule has 2 bridgehead atoms. The standard InChI is InChI=1S/C28H25Cl2N3O4S/c1-35-27(34)15-7-8-21-23(10-15)38-28(31-21)33-12-16-9-17(33)11-22(16)36-13-18-25(32-37-26(18)14-5-6-14)24-19(29)3-2-4-20(24)30/h2-4,7-8,10,14,16-17,22H,5-6,9,11-13H2,1H3/t16-,17-,22-/m1/s1. The molecule has 1 aliphatic heterocycles. The maximum absolute atomic E-state index is 11.9. The van der Waals surface area contributed by atoms with E-state index in [1.165, 1.54) is 7.11 Å². The number of thiazole rings is 1. The minimum atomic E-state index is -0.334. The third kappa shape index (κ3) is 4.18. The predicted molar refractivity (Wildman–Crippen MR) is 147 cm³/mol. The lowest BCUT2D eigenvalue weighted by molar-refractivity contribution is 0.0122. The van der Waals surface area contributed by atoms with Gasteiger partial charge in [-0.2, -0.15) is 0 Å². The van der Waals surface area contributed by atoms with Gasteiger partial charge in [-0.1, -0.05) is 45.8 Å². The lowest BCUT2D eigenvalue weighted by Gasteiger charge is -2.31. The molecule has 0 unspecified atom stereocenters. The van der Waals surface area contributed by atoms with E-state index < -0.39 is 0 Å². The Kier molecular flexibility index (Phi) is 6.11. The highest BCUT2D eigenvalue weighted by Crippen LogP contribution is 2.48. The first-order chi connectivity index (χ1) is 18.5. The van der Waals surface area contributed by atoms with Crippen LogP contribution in [0.3, 0.4) is 0 Å². The molecule has 0 radical (unpaired) electrons. The number of halogens is 2. The molecule has 7 rings (SSSR count).